The molecule has 0 amide bonds. The summed E-state index contributed by atoms with van der Waals surface area (Å²) in [5, 5.41) is 0. The Morgan fingerprint density at radius 2 is 1.83 bits per heavy atom. The second-order valence-electron chi connectivity index (χ2n) is 7.38. The topological polar surface area (TPSA) is 20.1 Å². The molecule has 4 heteroatoms. The molecule has 1 unspecified atom stereocenters. The first-order chi connectivity index (χ1) is 11.0. The fraction of sp³-hybridized carbons (Fsp3) is 0.632. The molecule has 1 aromatic rings. The number of rotatable bonds is 3. The van der Waals surface area contributed by atoms with E-state index in [9.17, 15) is 0 Å². The molecule has 2 aliphatic heterocycles. The van der Waals surface area contributed by atoms with Crippen LogP contribution >= 0.6 is 0 Å². The summed E-state index contributed by atoms with van der Waals surface area (Å²) in [4.78, 5) is 8.99. The van der Waals surface area contributed by atoms with Gasteiger partial charge in [-0.15, -0.1) is 0 Å². The van der Waals surface area contributed by atoms with Gasteiger partial charge in [-0.2, -0.15) is 0 Å². The van der Waals surface area contributed by atoms with Crippen molar-refractivity contribution in [3.05, 3.63) is 47.3 Å². The number of ether oxygens (including phenoxy) is 1. The molecule has 2 heterocycles. The van der Waals surface area contributed by atoms with Crippen molar-refractivity contribution in [3.8, 4) is 0 Å². The zero-order valence-corrected chi connectivity index (χ0v) is 14.3. The molecule has 4 nitrogen and oxygen atoms in total. The Bertz CT molecular complexity index is 558. The van der Waals surface area contributed by atoms with Gasteiger partial charge in [-0.3, -0.25) is 9.74 Å². The van der Waals surface area contributed by atoms with Gasteiger partial charge in [0, 0.05) is 32.7 Å². The van der Waals surface area contributed by atoms with Crippen molar-refractivity contribution in [2.24, 2.45) is 0 Å². The quantitative estimate of drug-likeness (QED) is 0.800. The second-order valence-corrected chi connectivity index (χ2v) is 7.38. The van der Waals surface area contributed by atoms with Crippen molar-refractivity contribution in [2.75, 3.05) is 32.8 Å². The minimum atomic E-state index is -0.361. The normalized spacial score (nSPS) is 29.1. The molecule has 0 radical (unpaired) electrons. The number of hydrogen-bond acceptors (Lipinski definition) is 3. The van der Waals surface area contributed by atoms with Crippen LogP contribution in [0.4, 0.5) is 0 Å². The smallest absolute Gasteiger partial charge is 0.293 e. The SMILES string of the molecule is [C-]#[N+]C1(N2CCN(Cc3ccccc3)CC2)CCOC(C)(C)C1. The van der Waals surface area contributed by atoms with Crippen LogP contribution in [0.3, 0.4) is 0 Å². The summed E-state index contributed by atoms with van der Waals surface area (Å²) in [6.07, 6.45) is 1.64. The summed E-state index contributed by atoms with van der Waals surface area (Å²) in [6, 6.07) is 10.6. The van der Waals surface area contributed by atoms with Gasteiger partial charge in [-0.1, -0.05) is 30.3 Å². The predicted octanol–water partition coefficient (Wildman–Crippen LogP) is 3.01. The number of nitrogens with zero attached hydrogens (tertiary/aromatic N) is 3. The number of piperazine rings is 1. The van der Waals surface area contributed by atoms with E-state index in [2.05, 4.69) is 58.8 Å². The van der Waals surface area contributed by atoms with Gasteiger partial charge >= 0.3 is 0 Å². The lowest BCUT2D eigenvalue weighted by Crippen LogP contribution is -2.60. The molecule has 0 spiro atoms. The first kappa shape index (κ1) is 16.4. The van der Waals surface area contributed by atoms with Crippen LogP contribution in [0.2, 0.25) is 0 Å². The van der Waals surface area contributed by atoms with Crippen molar-refractivity contribution in [1.82, 2.24) is 9.80 Å². The van der Waals surface area contributed by atoms with E-state index in [0.717, 1.165) is 45.6 Å². The Morgan fingerprint density at radius 1 is 1.13 bits per heavy atom. The summed E-state index contributed by atoms with van der Waals surface area (Å²) in [7, 11) is 0. The van der Waals surface area contributed by atoms with Crippen LogP contribution in [0.5, 0.6) is 0 Å². The highest BCUT2D eigenvalue weighted by molar-refractivity contribution is 5.14. The van der Waals surface area contributed by atoms with E-state index in [-0.39, 0.29) is 11.3 Å². The largest absolute Gasteiger partial charge is 0.375 e. The zero-order valence-electron chi connectivity index (χ0n) is 14.3. The molecular weight excluding hydrogens is 286 g/mol. The van der Waals surface area contributed by atoms with Crippen molar-refractivity contribution in [3.63, 3.8) is 0 Å². The van der Waals surface area contributed by atoms with Gasteiger partial charge in [-0.25, -0.2) is 11.5 Å². The highest BCUT2D eigenvalue weighted by Gasteiger charge is 2.51. The van der Waals surface area contributed by atoms with E-state index in [0.29, 0.717) is 6.61 Å². The molecule has 1 aromatic carbocycles. The molecule has 124 valence electrons. The third-order valence-electron chi connectivity index (χ3n) is 5.12. The van der Waals surface area contributed by atoms with E-state index in [4.69, 9.17) is 11.3 Å². The highest BCUT2D eigenvalue weighted by atomic mass is 16.5. The average Bonchev–Trinajstić information content (AvgIpc) is 2.55. The number of benzene rings is 1. The van der Waals surface area contributed by atoms with E-state index in [1.807, 2.05) is 0 Å². The zero-order chi connectivity index (χ0) is 16.3. The standard InChI is InChI=1S/C19H27N3O/c1-18(2)16-19(20-3,9-14-23-18)22-12-10-21(11-13-22)15-17-7-5-4-6-8-17/h4-8H,9-16H2,1-2H3. The fourth-order valence-electron chi connectivity index (χ4n) is 3.91. The van der Waals surface area contributed by atoms with Gasteiger partial charge < -0.3 is 4.74 Å². The van der Waals surface area contributed by atoms with E-state index < -0.39 is 0 Å². The van der Waals surface area contributed by atoms with Gasteiger partial charge in [0.05, 0.1) is 25.0 Å². The fourth-order valence-corrected chi connectivity index (χ4v) is 3.91. The lowest BCUT2D eigenvalue weighted by molar-refractivity contribution is -0.113. The molecule has 0 aliphatic carbocycles. The molecule has 2 saturated heterocycles. The second kappa shape index (κ2) is 6.60. The van der Waals surface area contributed by atoms with Crippen LogP contribution in [-0.4, -0.2) is 53.8 Å². The Hall–Kier alpha value is -1.41. The summed E-state index contributed by atoms with van der Waals surface area (Å²) < 4.78 is 5.83. The van der Waals surface area contributed by atoms with Crippen molar-refractivity contribution in [1.29, 1.82) is 0 Å². The Labute approximate surface area is 139 Å². The van der Waals surface area contributed by atoms with E-state index >= 15 is 0 Å². The monoisotopic (exact) mass is 313 g/mol. The third kappa shape index (κ3) is 3.74. The summed E-state index contributed by atoms with van der Waals surface area (Å²) >= 11 is 0. The molecule has 3 rings (SSSR count). The summed E-state index contributed by atoms with van der Waals surface area (Å²) in [5.74, 6) is 0. The lowest BCUT2D eigenvalue weighted by Gasteiger charge is -2.45. The van der Waals surface area contributed by atoms with Gasteiger partial charge in [0.15, 0.2) is 0 Å². The van der Waals surface area contributed by atoms with Gasteiger partial charge in [0.2, 0.25) is 0 Å². The minimum Gasteiger partial charge on any atom is -0.375 e. The summed E-state index contributed by atoms with van der Waals surface area (Å²) in [6.45, 7) is 17.7. The maximum Gasteiger partial charge on any atom is 0.293 e. The van der Waals surface area contributed by atoms with Crippen LogP contribution in [0.1, 0.15) is 32.3 Å². The minimum absolute atomic E-state index is 0.191. The van der Waals surface area contributed by atoms with Crippen LogP contribution in [0.25, 0.3) is 4.85 Å². The molecule has 0 aromatic heterocycles. The van der Waals surface area contributed by atoms with E-state index in [1.54, 1.807) is 0 Å². The maximum absolute atomic E-state index is 7.80. The van der Waals surface area contributed by atoms with Gasteiger partial charge in [0.25, 0.3) is 5.66 Å². The van der Waals surface area contributed by atoms with Crippen molar-refractivity contribution < 1.29 is 4.74 Å². The van der Waals surface area contributed by atoms with Crippen LogP contribution < -0.4 is 0 Å². The average molecular weight is 313 g/mol. The third-order valence-corrected chi connectivity index (χ3v) is 5.12. The van der Waals surface area contributed by atoms with Crippen LogP contribution in [-0.2, 0) is 11.3 Å². The van der Waals surface area contributed by atoms with Gasteiger partial charge in [0.1, 0.15) is 0 Å². The Kier molecular flexibility index (Phi) is 4.72. The van der Waals surface area contributed by atoms with Crippen molar-refractivity contribution >= 4 is 0 Å². The molecule has 0 saturated carbocycles. The maximum atomic E-state index is 7.80. The molecule has 0 N–H and O–H groups in total. The molecule has 0 bridgehead atoms. The Balaban J connectivity index is 1.60. The molecular formula is C19H27N3O. The highest BCUT2D eigenvalue weighted by Crippen LogP contribution is 2.38. The van der Waals surface area contributed by atoms with E-state index in [1.165, 1.54) is 5.56 Å². The van der Waals surface area contributed by atoms with Crippen LogP contribution in [0, 0.1) is 6.57 Å². The van der Waals surface area contributed by atoms with Gasteiger partial charge in [-0.05, 0) is 19.4 Å². The first-order valence-electron chi connectivity index (χ1n) is 8.57. The lowest BCUT2D eigenvalue weighted by atomic mass is 9.87. The molecule has 1 atom stereocenters. The molecule has 23 heavy (non-hydrogen) atoms. The predicted molar refractivity (Wildman–Crippen MR) is 91.9 cm³/mol. The van der Waals surface area contributed by atoms with Crippen LogP contribution in [0.15, 0.2) is 30.3 Å². The Morgan fingerprint density at radius 3 is 2.43 bits per heavy atom. The summed E-state index contributed by atoms with van der Waals surface area (Å²) in [5.41, 5.74) is 0.818. The molecule has 2 aliphatic rings. The number of hydrogen-bond donors (Lipinski definition) is 0. The van der Waals surface area contributed by atoms with Crippen molar-refractivity contribution in [2.45, 2.75) is 44.5 Å². The molecule has 2 fully saturated rings. The first-order valence-corrected chi connectivity index (χ1v) is 8.57.